The minimum atomic E-state index is -2.03. The molecule has 0 amide bonds. The van der Waals surface area contributed by atoms with Gasteiger partial charge in [-0.05, 0) is 42.8 Å². The minimum Gasteiger partial charge on any atom is -0.493 e. The summed E-state index contributed by atoms with van der Waals surface area (Å²) < 4.78 is 22.5. The summed E-state index contributed by atoms with van der Waals surface area (Å²) in [6, 6.07) is 6.75. The van der Waals surface area contributed by atoms with E-state index in [-0.39, 0.29) is 0 Å². The number of hydrogen-bond acceptors (Lipinski definition) is 6. The van der Waals surface area contributed by atoms with E-state index in [1.807, 2.05) is 24.4 Å². The molecule has 0 spiro atoms. The van der Waals surface area contributed by atoms with Crippen molar-refractivity contribution in [3.8, 4) is 11.5 Å². The van der Waals surface area contributed by atoms with Crippen molar-refractivity contribution in [2.45, 2.75) is 19.0 Å². The summed E-state index contributed by atoms with van der Waals surface area (Å²) in [4.78, 5) is 4.51. The lowest BCUT2D eigenvalue weighted by Crippen LogP contribution is -2.45. The van der Waals surface area contributed by atoms with Gasteiger partial charge < -0.3 is 23.6 Å². The fraction of sp³-hybridized carbons (Fsp3) is 0.588. The lowest BCUT2D eigenvalue weighted by Gasteiger charge is -2.29. The average Bonchev–Trinajstić information content (AvgIpc) is 2.58. The Kier molecular flexibility index (Phi) is 7.71. The van der Waals surface area contributed by atoms with Gasteiger partial charge in [0.1, 0.15) is 0 Å². The third-order valence-corrected chi connectivity index (χ3v) is 6.83. The molecule has 0 atom stereocenters. The molecule has 134 valence electrons. The molecule has 1 fully saturated rings. The van der Waals surface area contributed by atoms with Crippen molar-refractivity contribution < 1.29 is 18.3 Å². The molecule has 1 N–H and O–H groups in total. The normalized spacial score (nSPS) is 18.1. The van der Waals surface area contributed by atoms with Gasteiger partial charge in [-0.2, -0.15) is 0 Å². The van der Waals surface area contributed by atoms with Crippen molar-refractivity contribution in [1.82, 2.24) is 5.32 Å². The number of aliphatic imine (C=N–C) groups is 1. The summed E-state index contributed by atoms with van der Waals surface area (Å²) in [5.41, 5.74) is 1.00. The molecular formula is C17H28N2O4Si. The van der Waals surface area contributed by atoms with E-state index in [2.05, 4.69) is 16.9 Å². The Morgan fingerprint density at radius 2 is 1.88 bits per heavy atom. The average molecular weight is 353 g/mol. The molecular weight excluding hydrogens is 324 g/mol. The van der Waals surface area contributed by atoms with Gasteiger partial charge in [-0.3, -0.25) is 4.99 Å². The molecule has 24 heavy (non-hydrogen) atoms. The van der Waals surface area contributed by atoms with Gasteiger partial charge in [-0.1, -0.05) is 0 Å². The Bertz CT molecular complexity index is 531. The topological polar surface area (TPSA) is 61.3 Å². The SMILES string of the molecule is COc1ccc(C=NCCC[Si]2(C)OCCNCCO2)cc1OC. The van der Waals surface area contributed by atoms with Crippen molar-refractivity contribution in [2.24, 2.45) is 4.99 Å². The van der Waals surface area contributed by atoms with Gasteiger partial charge in [-0.15, -0.1) is 0 Å². The van der Waals surface area contributed by atoms with Gasteiger partial charge in [0.2, 0.25) is 0 Å². The first-order valence-electron chi connectivity index (χ1n) is 8.37. The molecule has 7 heteroatoms. The van der Waals surface area contributed by atoms with E-state index in [0.29, 0.717) is 5.75 Å². The van der Waals surface area contributed by atoms with E-state index in [4.69, 9.17) is 18.3 Å². The second kappa shape index (κ2) is 9.78. The highest BCUT2D eigenvalue weighted by Crippen LogP contribution is 2.26. The highest BCUT2D eigenvalue weighted by atomic mass is 28.4. The van der Waals surface area contributed by atoms with Crippen LogP contribution in [-0.4, -0.2) is 61.8 Å². The summed E-state index contributed by atoms with van der Waals surface area (Å²) in [5.74, 6) is 1.44. The largest absolute Gasteiger partial charge is 0.493 e. The fourth-order valence-electron chi connectivity index (χ4n) is 2.58. The Balaban J connectivity index is 1.79. The van der Waals surface area contributed by atoms with Crippen LogP contribution in [-0.2, 0) is 8.85 Å². The zero-order chi connectivity index (χ0) is 17.3. The van der Waals surface area contributed by atoms with Crippen LogP contribution in [0.2, 0.25) is 12.6 Å². The van der Waals surface area contributed by atoms with Crippen molar-refractivity contribution in [3.63, 3.8) is 0 Å². The zero-order valence-electron chi connectivity index (χ0n) is 14.8. The number of methoxy groups -OCH3 is 2. The van der Waals surface area contributed by atoms with Crippen LogP contribution in [0.25, 0.3) is 0 Å². The molecule has 1 aliphatic heterocycles. The van der Waals surface area contributed by atoms with E-state index < -0.39 is 8.56 Å². The number of benzene rings is 1. The van der Waals surface area contributed by atoms with Crippen LogP contribution in [0.5, 0.6) is 11.5 Å². The number of ether oxygens (including phenoxy) is 2. The summed E-state index contributed by atoms with van der Waals surface area (Å²) in [7, 11) is 1.24. The maximum absolute atomic E-state index is 5.96. The maximum Gasteiger partial charge on any atom is 0.335 e. The molecule has 0 aromatic heterocycles. The monoisotopic (exact) mass is 352 g/mol. The van der Waals surface area contributed by atoms with Gasteiger partial charge in [0.05, 0.1) is 14.2 Å². The number of nitrogens with one attached hydrogen (secondary N) is 1. The molecule has 1 saturated heterocycles. The lowest BCUT2D eigenvalue weighted by molar-refractivity contribution is 0.155. The van der Waals surface area contributed by atoms with Crippen molar-refractivity contribution >= 4 is 14.8 Å². The molecule has 6 nitrogen and oxygen atoms in total. The van der Waals surface area contributed by atoms with E-state index in [1.165, 1.54) is 0 Å². The van der Waals surface area contributed by atoms with Crippen LogP contribution < -0.4 is 14.8 Å². The highest BCUT2D eigenvalue weighted by molar-refractivity contribution is 6.66. The lowest BCUT2D eigenvalue weighted by atomic mass is 10.2. The van der Waals surface area contributed by atoms with E-state index in [1.54, 1.807) is 14.2 Å². The molecule has 1 heterocycles. The standard InChI is InChI=1S/C17H28N2O4Si/c1-20-16-6-5-15(13-17(16)21-2)14-19-7-4-12-24(3)22-10-8-18-9-11-23-24/h5-6,13-14,18H,4,7-12H2,1-3H3. The maximum atomic E-state index is 5.96. The Morgan fingerprint density at radius 1 is 1.17 bits per heavy atom. The van der Waals surface area contributed by atoms with Crippen molar-refractivity contribution in [3.05, 3.63) is 23.8 Å². The molecule has 0 radical (unpaired) electrons. The third-order valence-electron chi connectivity index (χ3n) is 3.94. The van der Waals surface area contributed by atoms with Gasteiger partial charge in [0, 0.05) is 39.1 Å². The smallest absolute Gasteiger partial charge is 0.335 e. The van der Waals surface area contributed by atoms with Crippen LogP contribution in [0.1, 0.15) is 12.0 Å². The summed E-state index contributed by atoms with van der Waals surface area (Å²) >= 11 is 0. The van der Waals surface area contributed by atoms with Crippen LogP contribution in [0.15, 0.2) is 23.2 Å². The predicted octanol–water partition coefficient (Wildman–Crippen LogP) is 2.22. The molecule has 2 rings (SSSR count). The Hall–Kier alpha value is -1.41. The van der Waals surface area contributed by atoms with E-state index in [9.17, 15) is 0 Å². The quantitative estimate of drug-likeness (QED) is 0.463. The summed E-state index contributed by atoms with van der Waals surface area (Å²) in [6.45, 7) is 6.19. The van der Waals surface area contributed by atoms with Crippen LogP contribution in [0.3, 0.4) is 0 Å². The number of rotatable bonds is 7. The second-order valence-corrected chi connectivity index (χ2v) is 9.18. The van der Waals surface area contributed by atoms with Crippen LogP contribution >= 0.6 is 0 Å². The highest BCUT2D eigenvalue weighted by Gasteiger charge is 2.31. The first-order chi connectivity index (χ1) is 11.7. The van der Waals surface area contributed by atoms with Gasteiger partial charge in [-0.25, -0.2) is 0 Å². The molecule has 0 unspecified atom stereocenters. The second-order valence-electron chi connectivity index (χ2n) is 5.83. The van der Waals surface area contributed by atoms with Gasteiger partial charge in [0.15, 0.2) is 11.5 Å². The number of nitrogens with zero attached hydrogens (tertiary/aromatic N) is 1. The molecule has 1 aromatic rings. The van der Waals surface area contributed by atoms with Gasteiger partial charge in [0.25, 0.3) is 0 Å². The summed E-state index contributed by atoms with van der Waals surface area (Å²) in [5, 5.41) is 3.27. The molecule has 0 aliphatic carbocycles. The van der Waals surface area contributed by atoms with Crippen molar-refractivity contribution in [1.29, 1.82) is 0 Å². The van der Waals surface area contributed by atoms with Crippen LogP contribution in [0.4, 0.5) is 0 Å². The fourth-order valence-corrected chi connectivity index (χ4v) is 4.82. The zero-order valence-corrected chi connectivity index (χ0v) is 15.8. The minimum absolute atomic E-state index is 0.714. The van der Waals surface area contributed by atoms with E-state index >= 15 is 0 Å². The first kappa shape index (κ1) is 18.9. The molecule has 1 aliphatic rings. The predicted molar refractivity (Wildman–Crippen MR) is 97.8 cm³/mol. The summed E-state index contributed by atoms with van der Waals surface area (Å²) in [6.07, 6.45) is 2.84. The van der Waals surface area contributed by atoms with E-state index in [0.717, 1.165) is 56.6 Å². The van der Waals surface area contributed by atoms with Gasteiger partial charge >= 0.3 is 8.56 Å². The Morgan fingerprint density at radius 3 is 2.54 bits per heavy atom. The molecule has 0 saturated carbocycles. The molecule has 1 aromatic carbocycles. The first-order valence-corrected chi connectivity index (χ1v) is 10.9. The third kappa shape index (κ3) is 5.90. The van der Waals surface area contributed by atoms with Crippen LogP contribution in [0, 0.1) is 0 Å². The molecule has 0 bridgehead atoms. The Labute approximate surface area is 145 Å². The number of hydrogen-bond donors (Lipinski definition) is 1. The van der Waals surface area contributed by atoms with Crippen molar-refractivity contribution in [2.75, 3.05) is 47.1 Å².